The fraction of sp³-hybridized carbons (Fsp3) is 0.579. The van der Waals surface area contributed by atoms with E-state index < -0.39 is 22.0 Å². The summed E-state index contributed by atoms with van der Waals surface area (Å²) in [7, 11) is -3.74. The number of hydrogen-bond acceptors (Lipinski definition) is 4. The van der Waals surface area contributed by atoms with Gasteiger partial charge in [-0.05, 0) is 50.7 Å². The summed E-state index contributed by atoms with van der Waals surface area (Å²) in [5.41, 5.74) is 2.29. The molecule has 1 aliphatic rings. The second kappa shape index (κ2) is 8.39. The molecule has 2 rings (SSSR count). The van der Waals surface area contributed by atoms with Crippen molar-refractivity contribution in [3.8, 4) is 0 Å². The van der Waals surface area contributed by atoms with Crippen molar-refractivity contribution in [1.29, 1.82) is 0 Å². The molecule has 150 valence electrons. The summed E-state index contributed by atoms with van der Waals surface area (Å²) in [6.45, 7) is 7.68. The highest BCUT2D eigenvalue weighted by atomic mass is 32.2. The molecule has 1 aliphatic heterocycles. The van der Waals surface area contributed by atoms with Gasteiger partial charge in [-0.25, -0.2) is 17.9 Å². The predicted octanol–water partition coefficient (Wildman–Crippen LogP) is 1.99. The van der Waals surface area contributed by atoms with Gasteiger partial charge in [0.25, 0.3) is 0 Å². The molecule has 0 bridgehead atoms. The number of nitrogens with one attached hydrogen (secondary N) is 1. The van der Waals surface area contributed by atoms with E-state index in [1.165, 1.54) is 4.90 Å². The van der Waals surface area contributed by atoms with Crippen molar-refractivity contribution in [3.63, 3.8) is 0 Å². The number of aryl methyl sites for hydroxylation is 3. The van der Waals surface area contributed by atoms with Crippen LogP contribution in [0.15, 0.2) is 17.0 Å². The van der Waals surface area contributed by atoms with Crippen molar-refractivity contribution in [2.45, 2.75) is 57.9 Å². The normalized spacial score (nSPS) is 20.5. The number of hydrogen-bond donors (Lipinski definition) is 2. The van der Waals surface area contributed by atoms with Crippen LogP contribution >= 0.6 is 0 Å². The van der Waals surface area contributed by atoms with Crippen LogP contribution in [0.3, 0.4) is 0 Å². The number of rotatable bonds is 6. The van der Waals surface area contributed by atoms with Gasteiger partial charge in [0.1, 0.15) is 6.04 Å². The molecule has 1 fully saturated rings. The minimum absolute atomic E-state index is 0.0632. The Balaban J connectivity index is 2.03. The van der Waals surface area contributed by atoms with Gasteiger partial charge in [-0.2, -0.15) is 0 Å². The molecular formula is C19H28N2O5S. The van der Waals surface area contributed by atoms with E-state index in [9.17, 15) is 23.1 Å². The first kappa shape index (κ1) is 21.4. The Bertz CT molecular complexity index is 811. The molecule has 1 aromatic rings. The van der Waals surface area contributed by atoms with Crippen molar-refractivity contribution in [2.24, 2.45) is 5.92 Å². The smallest absolute Gasteiger partial charge is 0.326 e. The zero-order chi connectivity index (χ0) is 20.4. The second-order valence-electron chi connectivity index (χ2n) is 7.45. The Labute approximate surface area is 160 Å². The lowest BCUT2D eigenvalue weighted by atomic mass is 9.92. The number of carboxylic acids is 1. The third kappa shape index (κ3) is 5.07. The molecule has 1 aromatic carbocycles. The average molecular weight is 397 g/mol. The maximum Gasteiger partial charge on any atom is 0.326 e. The van der Waals surface area contributed by atoms with Gasteiger partial charge < -0.3 is 10.0 Å². The Kier molecular flexibility index (Phi) is 6.64. The monoisotopic (exact) mass is 396 g/mol. The van der Waals surface area contributed by atoms with Crippen molar-refractivity contribution in [2.75, 3.05) is 13.1 Å². The zero-order valence-electron chi connectivity index (χ0n) is 16.3. The van der Waals surface area contributed by atoms with E-state index in [-0.39, 0.29) is 29.7 Å². The third-order valence-electron chi connectivity index (χ3n) is 4.97. The topological polar surface area (TPSA) is 104 Å². The fourth-order valence-electron chi connectivity index (χ4n) is 3.77. The lowest BCUT2D eigenvalue weighted by molar-refractivity contribution is -0.153. The molecule has 1 saturated heterocycles. The summed E-state index contributed by atoms with van der Waals surface area (Å²) in [5, 5.41) is 9.36. The highest BCUT2D eigenvalue weighted by molar-refractivity contribution is 7.89. The summed E-state index contributed by atoms with van der Waals surface area (Å²) in [4.78, 5) is 25.5. The number of likely N-dealkylation sites (tertiary alicyclic amines) is 1. The standard InChI is InChI=1S/C19H28N2O5S/c1-12-6-8-21(16(11-12)19(23)24)17(22)5-7-20-27(25,26)18-14(3)9-13(2)10-15(18)4/h9-10,12,16,20H,5-8,11H2,1-4H3,(H,23,24). The summed E-state index contributed by atoms with van der Waals surface area (Å²) in [6, 6.07) is 2.78. The number of piperidine rings is 1. The number of amides is 1. The van der Waals surface area contributed by atoms with Crippen LogP contribution in [0.5, 0.6) is 0 Å². The number of sulfonamides is 1. The molecule has 2 unspecified atom stereocenters. The van der Waals surface area contributed by atoms with Gasteiger partial charge in [0.05, 0.1) is 4.90 Å². The predicted molar refractivity (Wildman–Crippen MR) is 102 cm³/mol. The molecule has 0 aliphatic carbocycles. The summed E-state index contributed by atoms with van der Waals surface area (Å²) >= 11 is 0. The van der Waals surface area contributed by atoms with Crippen LogP contribution < -0.4 is 4.72 Å². The zero-order valence-corrected chi connectivity index (χ0v) is 17.1. The molecule has 0 radical (unpaired) electrons. The quantitative estimate of drug-likeness (QED) is 0.765. The minimum Gasteiger partial charge on any atom is -0.480 e. The molecule has 8 heteroatoms. The molecule has 7 nitrogen and oxygen atoms in total. The fourth-order valence-corrected chi connectivity index (χ4v) is 5.25. The van der Waals surface area contributed by atoms with Crippen LogP contribution in [-0.4, -0.2) is 49.4 Å². The van der Waals surface area contributed by atoms with E-state index in [1.807, 2.05) is 13.8 Å². The number of aliphatic carboxylic acids is 1. The molecule has 2 atom stereocenters. The number of carboxylic acid groups (broad SMARTS) is 1. The first-order valence-corrected chi connectivity index (χ1v) is 10.6. The van der Waals surface area contributed by atoms with Gasteiger partial charge in [-0.3, -0.25) is 4.79 Å². The van der Waals surface area contributed by atoms with Crippen molar-refractivity contribution in [3.05, 3.63) is 28.8 Å². The van der Waals surface area contributed by atoms with E-state index in [4.69, 9.17) is 0 Å². The molecule has 27 heavy (non-hydrogen) atoms. The van der Waals surface area contributed by atoms with E-state index in [0.717, 1.165) is 12.0 Å². The lowest BCUT2D eigenvalue weighted by Gasteiger charge is -2.36. The maximum absolute atomic E-state index is 12.6. The van der Waals surface area contributed by atoms with Gasteiger partial charge in [-0.15, -0.1) is 0 Å². The number of carbonyl (C=O) groups excluding carboxylic acids is 1. The van der Waals surface area contributed by atoms with Crippen LogP contribution in [-0.2, 0) is 19.6 Å². The first-order chi connectivity index (χ1) is 12.5. The highest BCUT2D eigenvalue weighted by Crippen LogP contribution is 2.24. The van der Waals surface area contributed by atoms with E-state index >= 15 is 0 Å². The minimum atomic E-state index is -3.74. The van der Waals surface area contributed by atoms with E-state index in [0.29, 0.717) is 24.1 Å². The first-order valence-electron chi connectivity index (χ1n) is 9.12. The van der Waals surface area contributed by atoms with Crippen LogP contribution in [0.1, 0.15) is 42.9 Å². The Morgan fingerprint density at radius 3 is 2.37 bits per heavy atom. The van der Waals surface area contributed by atoms with Gasteiger partial charge in [0.15, 0.2) is 0 Å². The van der Waals surface area contributed by atoms with Gasteiger partial charge in [-0.1, -0.05) is 24.6 Å². The van der Waals surface area contributed by atoms with Crippen LogP contribution in [0.2, 0.25) is 0 Å². The third-order valence-corrected chi connectivity index (χ3v) is 6.74. The van der Waals surface area contributed by atoms with Crippen LogP contribution in [0, 0.1) is 26.7 Å². The lowest BCUT2D eigenvalue weighted by Crippen LogP contribution is -2.50. The molecule has 1 heterocycles. The summed E-state index contributed by atoms with van der Waals surface area (Å²) in [5.74, 6) is -1.10. The number of nitrogens with zero attached hydrogens (tertiary/aromatic N) is 1. The van der Waals surface area contributed by atoms with Crippen LogP contribution in [0.4, 0.5) is 0 Å². The number of carbonyl (C=O) groups is 2. The van der Waals surface area contributed by atoms with Gasteiger partial charge in [0, 0.05) is 19.5 Å². The van der Waals surface area contributed by atoms with Gasteiger partial charge >= 0.3 is 5.97 Å². The molecule has 0 saturated carbocycles. The van der Waals surface area contributed by atoms with E-state index in [1.54, 1.807) is 26.0 Å². The Morgan fingerprint density at radius 1 is 1.22 bits per heavy atom. The molecule has 2 N–H and O–H groups in total. The molecule has 0 spiro atoms. The summed E-state index contributed by atoms with van der Waals surface area (Å²) in [6.07, 6.45) is 1.11. The highest BCUT2D eigenvalue weighted by Gasteiger charge is 2.34. The van der Waals surface area contributed by atoms with Gasteiger partial charge in [0.2, 0.25) is 15.9 Å². The van der Waals surface area contributed by atoms with Crippen molar-refractivity contribution in [1.82, 2.24) is 9.62 Å². The van der Waals surface area contributed by atoms with Crippen molar-refractivity contribution < 1.29 is 23.1 Å². The van der Waals surface area contributed by atoms with E-state index in [2.05, 4.69) is 4.72 Å². The second-order valence-corrected chi connectivity index (χ2v) is 9.15. The SMILES string of the molecule is Cc1cc(C)c(S(=O)(=O)NCCC(=O)N2CCC(C)CC2C(=O)O)c(C)c1. The van der Waals surface area contributed by atoms with Crippen molar-refractivity contribution >= 4 is 21.9 Å². The molecular weight excluding hydrogens is 368 g/mol. The number of benzene rings is 1. The summed E-state index contributed by atoms with van der Waals surface area (Å²) < 4.78 is 27.7. The maximum atomic E-state index is 12.6. The Morgan fingerprint density at radius 2 is 1.81 bits per heavy atom. The van der Waals surface area contributed by atoms with Crippen LogP contribution in [0.25, 0.3) is 0 Å². The molecule has 0 aromatic heterocycles. The Hall–Kier alpha value is -1.93. The molecule has 1 amide bonds. The average Bonchev–Trinajstić information content (AvgIpc) is 2.52. The largest absolute Gasteiger partial charge is 0.480 e.